The lowest BCUT2D eigenvalue weighted by molar-refractivity contribution is -0.0462. The van der Waals surface area contributed by atoms with Gasteiger partial charge in [0.1, 0.15) is 18.1 Å². The maximum absolute atomic E-state index is 13.6. The van der Waals surface area contributed by atoms with Crippen LogP contribution in [-0.4, -0.2) is 62.6 Å². The smallest absolute Gasteiger partial charge is 0.246 e. The fourth-order valence-corrected chi connectivity index (χ4v) is 8.09. The molecule has 6 rings (SSSR count). The predicted molar refractivity (Wildman–Crippen MR) is 109 cm³/mol. The first-order valence-corrected chi connectivity index (χ1v) is 12.7. The molecule has 1 saturated carbocycles. The molecule has 6 nitrogen and oxygen atoms in total. The van der Waals surface area contributed by atoms with Crippen molar-refractivity contribution in [3.63, 3.8) is 0 Å². The van der Waals surface area contributed by atoms with E-state index < -0.39 is 10.0 Å². The van der Waals surface area contributed by atoms with E-state index in [9.17, 15) is 8.42 Å². The first-order valence-electron chi connectivity index (χ1n) is 11.3. The first-order chi connectivity index (χ1) is 14.1. The van der Waals surface area contributed by atoms with E-state index in [1.165, 1.54) is 38.5 Å². The van der Waals surface area contributed by atoms with Crippen molar-refractivity contribution in [1.82, 2.24) is 9.21 Å². The number of piperidine rings is 3. The summed E-state index contributed by atoms with van der Waals surface area (Å²) in [4.78, 5) is 3.07. The summed E-state index contributed by atoms with van der Waals surface area (Å²) >= 11 is 0. The molecule has 3 saturated heterocycles. The number of hydrogen-bond donors (Lipinski definition) is 0. The van der Waals surface area contributed by atoms with Crippen LogP contribution < -0.4 is 9.47 Å². The predicted octanol–water partition coefficient (Wildman–Crippen LogP) is 2.73. The van der Waals surface area contributed by atoms with Crippen LogP contribution in [0.15, 0.2) is 23.1 Å². The van der Waals surface area contributed by atoms with Crippen molar-refractivity contribution < 1.29 is 17.9 Å². The summed E-state index contributed by atoms with van der Waals surface area (Å²) in [7, 11) is -3.59. The molecule has 4 fully saturated rings. The van der Waals surface area contributed by atoms with Gasteiger partial charge in [-0.05, 0) is 62.0 Å². The molecular formula is C22H30N2O4S. The van der Waals surface area contributed by atoms with Crippen molar-refractivity contribution in [3.05, 3.63) is 18.2 Å². The van der Waals surface area contributed by atoms with Crippen molar-refractivity contribution in [1.29, 1.82) is 0 Å². The van der Waals surface area contributed by atoms with E-state index in [0.717, 1.165) is 18.5 Å². The van der Waals surface area contributed by atoms with Crippen molar-refractivity contribution in [2.75, 3.05) is 32.8 Å². The molecule has 0 amide bonds. The van der Waals surface area contributed by atoms with Gasteiger partial charge in [-0.2, -0.15) is 4.31 Å². The van der Waals surface area contributed by atoms with E-state index in [-0.39, 0.29) is 4.90 Å². The third-order valence-electron chi connectivity index (χ3n) is 7.72. The largest absolute Gasteiger partial charge is 0.486 e. The molecule has 7 heteroatoms. The van der Waals surface area contributed by atoms with Crippen molar-refractivity contribution >= 4 is 10.0 Å². The minimum atomic E-state index is -3.59. The number of fused-ring (bicyclic) bond motifs is 5. The Hall–Kier alpha value is -1.31. The summed E-state index contributed by atoms with van der Waals surface area (Å²) in [6, 6.07) is 6.54. The van der Waals surface area contributed by atoms with E-state index in [0.29, 0.717) is 55.7 Å². The number of nitrogens with zero attached hydrogens (tertiary/aromatic N) is 2. The van der Waals surface area contributed by atoms with Crippen LogP contribution in [-0.2, 0) is 10.0 Å². The summed E-state index contributed by atoms with van der Waals surface area (Å²) in [5.74, 6) is 2.73. The van der Waals surface area contributed by atoms with Crippen LogP contribution in [0.1, 0.15) is 38.5 Å². The van der Waals surface area contributed by atoms with Crippen molar-refractivity contribution in [3.8, 4) is 11.5 Å². The number of ether oxygens (including phenoxy) is 2. The Kier molecular flexibility index (Phi) is 4.36. The molecule has 29 heavy (non-hydrogen) atoms. The number of hydrogen-bond acceptors (Lipinski definition) is 5. The van der Waals surface area contributed by atoms with Gasteiger partial charge in [0.15, 0.2) is 11.5 Å². The lowest BCUT2D eigenvalue weighted by atomic mass is 9.74. The van der Waals surface area contributed by atoms with Crippen molar-refractivity contribution in [2.24, 2.45) is 17.8 Å². The topological polar surface area (TPSA) is 59.1 Å². The minimum absolute atomic E-state index is 0.269. The highest BCUT2D eigenvalue weighted by Gasteiger charge is 2.49. The Morgan fingerprint density at radius 2 is 1.69 bits per heavy atom. The molecule has 4 heterocycles. The van der Waals surface area contributed by atoms with Gasteiger partial charge >= 0.3 is 0 Å². The van der Waals surface area contributed by atoms with Gasteiger partial charge in [0, 0.05) is 31.7 Å². The van der Waals surface area contributed by atoms with Gasteiger partial charge in [-0.1, -0.05) is 12.5 Å². The van der Waals surface area contributed by atoms with Gasteiger partial charge in [-0.25, -0.2) is 8.42 Å². The molecule has 4 atom stereocenters. The van der Waals surface area contributed by atoms with Crippen LogP contribution in [0.5, 0.6) is 11.5 Å². The van der Waals surface area contributed by atoms with Crippen LogP contribution in [0.3, 0.4) is 0 Å². The highest BCUT2D eigenvalue weighted by atomic mass is 32.2. The molecule has 0 radical (unpaired) electrons. The molecule has 4 aliphatic heterocycles. The molecule has 1 aliphatic carbocycles. The SMILES string of the molecule is O=S(=O)(c1cccc2c1OCCO2)N1C[C@@H]2C[C@H](C1)[C@@H]1CCC[C@H](C3CC3)N1C2. The van der Waals surface area contributed by atoms with Gasteiger partial charge in [-0.3, -0.25) is 4.90 Å². The Morgan fingerprint density at radius 1 is 0.897 bits per heavy atom. The quantitative estimate of drug-likeness (QED) is 0.755. The number of rotatable bonds is 3. The second kappa shape index (κ2) is 6.86. The van der Waals surface area contributed by atoms with Crippen LogP contribution >= 0.6 is 0 Å². The molecule has 0 unspecified atom stereocenters. The first kappa shape index (κ1) is 18.5. The summed E-state index contributed by atoms with van der Waals surface area (Å²) in [5.41, 5.74) is 0. The number of benzene rings is 1. The normalized spacial score (nSPS) is 35.2. The van der Waals surface area contributed by atoms with Gasteiger partial charge in [0.05, 0.1) is 0 Å². The number of para-hydroxylation sites is 1. The zero-order valence-electron chi connectivity index (χ0n) is 16.8. The van der Waals surface area contributed by atoms with E-state index in [4.69, 9.17) is 9.47 Å². The minimum Gasteiger partial charge on any atom is -0.486 e. The van der Waals surface area contributed by atoms with Crippen LogP contribution in [0, 0.1) is 17.8 Å². The van der Waals surface area contributed by atoms with Gasteiger partial charge in [0.25, 0.3) is 0 Å². The molecule has 2 bridgehead atoms. The standard InChI is InChI=1S/C22H30N2O4S/c25-29(26,21-6-2-5-20-22(21)28-10-9-27-20)23-12-15-11-17(14-23)19-4-1-3-18(16-7-8-16)24(19)13-15/h2,5-6,15-19H,1,3-4,7-14H2/t15-,17+,18+,19-/m0/s1. The fourth-order valence-electron chi connectivity index (χ4n) is 6.37. The monoisotopic (exact) mass is 418 g/mol. The molecular weight excluding hydrogens is 388 g/mol. The third-order valence-corrected chi connectivity index (χ3v) is 9.57. The molecule has 5 aliphatic rings. The van der Waals surface area contributed by atoms with Crippen LogP contribution in [0.2, 0.25) is 0 Å². The highest BCUT2D eigenvalue weighted by molar-refractivity contribution is 7.89. The van der Waals surface area contributed by atoms with E-state index in [1.54, 1.807) is 22.5 Å². The van der Waals surface area contributed by atoms with Crippen LogP contribution in [0.25, 0.3) is 0 Å². The van der Waals surface area contributed by atoms with E-state index in [2.05, 4.69) is 4.90 Å². The molecule has 0 spiro atoms. The fraction of sp³-hybridized carbons (Fsp3) is 0.727. The molecule has 0 N–H and O–H groups in total. The Balaban J connectivity index is 1.28. The van der Waals surface area contributed by atoms with Crippen LogP contribution in [0.4, 0.5) is 0 Å². The molecule has 1 aromatic carbocycles. The third kappa shape index (κ3) is 3.08. The summed E-state index contributed by atoms with van der Waals surface area (Å²) in [5, 5.41) is 0. The second-order valence-electron chi connectivity index (χ2n) is 9.56. The second-order valence-corrected chi connectivity index (χ2v) is 11.5. The molecule has 0 aromatic heterocycles. The van der Waals surface area contributed by atoms with E-state index >= 15 is 0 Å². The van der Waals surface area contributed by atoms with Gasteiger partial charge in [0.2, 0.25) is 10.0 Å². The molecule has 158 valence electrons. The summed E-state index contributed by atoms with van der Waals surface area (Å²) < 4.78 is 40.3. The summed E-state index contributed by atoms with van der Waals surface area (Å²) in [6.07, 6.45) is 7.84. The Bertz CT molecular complexity index is 900. The lowest BCUT2D eigenvalue weighted by Crippen LogP contribution is -2.62. The Labute approximate surface area is 173 Å². The Morgan fingerprint density at radius 3 is 2.52 bits per heavy atom. The average Bonchev–Trinajstić information content (AvgIpc) is 3.58. The zero-order valence-corrected chi connectivity index (χ0v) is 17.6. The molecule has 1 aromatic rings. The van der Waals surface area contributed by atoms with Gasteiger partial charge < -0.3 is 9.47 Å². The maximum atomic E-state index is 13.6. The van der Waals surface area contributed by atoms with Crippen molar-refractivity contribution in [2.45, 2.75) is 55.5 Å². The van der Waals surface area contributed by atoms with Gasteiger partial charge in [-0.15, -0.1) is 0 Å². The zero-order chi connectivity index (χ0) is 19.6. The summed E-state index contributed by atoms with van der Waals surface area (Å²) in [6.45, 7) is 3.20. The van der Waals surface area contributed by atoms with E-state index in [1.807, 2.05) is 0 Å². The lowest BCUT2D eigenvalue weighted by Gasteiger charge is -2.55. The average molecular weight is 419 g/mol. The highest BCUT2D eigenvalue weighted by Crippen LogP contribution is 2.47. The number of sulfonamides is 1. The maximum Gasteiger partial charge on any atom is 0.246 e.